The molecule has 3 aliphatic rings. The Balaban J connectivity index is 1.83. The lowest BCUT2D eigenvalue weighted by Gasteiger charge is -2.59. The van der Waals surface area contributed by atoms with Crippen molar-refractivity contribution in [3.05, 3.63) is 23.8 Å². The molecule has 1 aliphatic heterocycles. The number of aliphatic hydroxyl groups is 1. The molecule has 1 heterocycles. The van der Waals surface area contributed by atoms with Gasteiger partial charge in [-0.1, -0.05) is 33.8 Å². The molecule has 2 fully saturated rings. The van der Waals surface area contributed by atoms with Crippen molar-refractivity contribution in [1.82, 2.24) is 0 Å². The minimum Gasteiger partial charge on any atom is -0.458 e. The summed E-state index contributed by atoms with van der Waals surface area (Å²) in [5, 5.41) is 10.6. The fourth-order valence-electron chi connectivity index (χ4n) is 5.61. The molecule has 0 aromatic carbocycles. The van der Waals surface area contributed by atoms with Gasteiger partial charge in [0.2, 0.25) is 0 Å². The number of esters is 1. The monoisotopic (exact) mass is 318 g/mol. The largest absolute Gasteiger partial charge is 0.458 e. The van der Waals surface area contributed by atoms with E-state index in [1.54, 1.807) is 0 Å². The maximum Gasteiger partial charge on any atom is 0.334 e. The zero-order valence-corrected chi connectivity index (χ0v) is 14.7. The summed E-state index contributed by atoms with van der Waals surface area (Å²) < 4.78 is 5.01. The Kier molecular flexibility index (Phi) is 4.20. The molecule has 3 nitrogen and oxygen atoms in total. The average Bonchev–Trinajstić information content (AvgIpc) is 2.87. The summed E-state index contributed by atoms with van der Waals surface area (Å²) >= 11 is 0. The van der Waals surface area contributed by atoms with Crippen molar-refractivity contribution >= 4 is 5.97 Å². The zero-order chi connectivity index (χ0) is 16.8. The summed E-state index contributed by atoms with van der Waals surface area (Å²) in [7, 11) is 0. The Labute approximate surface area is 139 Å². The molecule has 3 rings (SSSR count). The second kappa shape index (κ2) is 5.77. The van der Waals surface area contributed by atoms with Gasteiger partial charge >= 0.3 is 5.97 Å². The Bertz CT molecular complexity index is 545. The van der Waals surface area contributed by atoms with Crippen LogP contribution in [0.2, 0.25) is 0 Å². The fraction of sp³-hybridized carbons (Fsp3) is 0.750. The minimum atomic E-state index is -0.403. The van der Waals surface area contributed by atoms with Gasteiger partial charge in [0.15, 0.2) is 0 Å². The number of aliphatic hydroxyl groups excluding tert-OH is 1. The molecular formula is C20H30O3. The van der Waals surface area contributed by atoms with E-state index in [2.05, 4.69) is 27.4 Å². The second-order valence-electron chi connectivity index (χ2n) is 8.65. The second-order valence-corrected chi connectivity index (χ2v) is 8.65. The highest BCUT2D eigenvalue weighted by Crippen LogP contribution is 2.61. The number of fused-ring (bicyclic) bond motifs is 1. The third-order valence-electron chi connectivity index (χ3n) is 6.92. The van der Waals surface area contributed by atoms with Crippen molar-refractivity contribution in [2.75, 3.05) is 6.61 Å². The number of cyclic esters (lactones) is 1. The van der Waals surface area contributed by atoms with Gasteiger partial charge in [-0.15, -0.1) is 0 Å². The van der Waals surface area contributed by atoms with Crippen LogP contribution >= 0.6 is 0 Å². The van der Waals surface area contributed by atoms with Crippen molar-refractivity contribution in [1.29, 1.82) is 0 Å². The van der Waals surface area contributed by atoms with Gasteiger partial charge < -0.3 is 9.84 Å². The third kappa shape index (κ3) is 2.77. The standard InChI is InChI=1S/C20H30O3/c1-13-15(7-6-14-8-11-23-18(14)22)20(4)10-5-9-19(2,3)17(20)12-16(13)21/h8,15-17,21H,1,5-7,9-12H2,2-4H3. The van der Waals surface area contributed by atoms with E-state index in [1.807, 2.05) is 6.08 Å². The minimum absolute atomic E-state index is 0.169. The Morgan fingerprint density at radius 1 is 1.35 bits per heavy atom. The van der Waals surface area contributed by atoms with Gasteiger partial charge in [0.05, 0.1) is 6.10 Å². The van der Waals surface area contributed by atoms with E-state index in [0.29, 0.717) is 12.5 Å². The van der Waals surface area contributed by atoms with Crippen LogP contribution in [0.25, 0.3) is 0 Å². The molecular weight excluding hydrogens is 288 g/mol. The molecule has 0 radical (unpaired) electrons. The van der Waals surface area contributed by atoms with Gasteiger partial charge in [-0.3, -0.25) is 0 Å². The third-order valence-corrected chi connectivity index (χ3v) is 6.92. The van der Waals surface area contributed by atoms with Crippen molar-refractivity contribution in [2.24, 2.45) is 22.7 Å². The SMILES string of the molecule is C=C1C(O)CC2C(C)(C)CCCC2(C)C1CCC1=CCOC1=O. The lowest BCUT2D eigenvalue weighted by atomic mass is 9.46. The molecule has 0 spiro atoms. The predicted molar refractivity (Wildman–Crippen MR) is 90.8 cm³/mol. The van der Waals surface area contributed by atoms with Gasteiger partial charge in [-0.25, -0.2) is 4.79 Å². The molecule has 0 amide bonds. The van der Waals surface area contributed by atoms with Crippen LogP contribution in [0.4, 0.5) is 0 Å². The van der Waals surface area contributed by atoms with Crippen LogP contribution in [0.15, 0.2) is 23.8 Å². The number of carbonyl (C=O) groups is 1. The highest BCUT2D eigenvalue weighted by molar-refractivity contribution is 5.90. The lowest BCUT2D eigenvalue weighted by Crippen LogP contribution is -2.52. The quantitative estimate of drug-likeness (QED) is 0.631. The molecule has 4 atom stereocenters. The normalized spacial score (nSPS) is 39.7. The topological polar surface area (TPSA) is 46.5 Å². The molecule has 2 aliphatic carbocycles. The zero-order valence-electron chi connectivity index (χ0n) is 14.7. The number of hydrogen-bond acceptors (Lipinski definition) is 3. The fourth-order valence-corrected chi connectivity index (χ4v) is 5.61. The maximum absolute atomic E-state index is 11.7. The van der Waals surface area contributed by atoms with Crippen LogP contribution in [0.1, 0.15) is 59.3 Å². The van der Waals surface area contributed by atoms with Crippen LogP contribution in [0, 0.1) is 22.7 Å². The van der Waals surface area contributed by atoms with E-state index in [1.165, 1.54) is 19.3 Å². The lowest BCUT2D eigenvalue weighted by molar-refractivity contribution is -0.136. The van der Waals surface area contributed by atoms with Crippen LogP contribution in [0.5, 0.6) is 0 Å². The first kappa shape index (κ1) is 16.8. The average molecular weight is 318 g/mol. The van der Waals surface area contributed by atoms with Crippen LogP contribution in [-0.2, 0) is 9.53 Å². The van der Waals surface area contributed by atoms with Gasteiger partial charge in [-0.2, -0.15) is 0 Å². The van der Waals surface area contributed by atoms with Crippen molar-refractivity contribution < 1.29 is 14.6 Å². The smallest absolute Gasteiger partial charge is 0.334 e. The molecule has 0 aromatic heterocycles. The molecule has 23 heavy (non-hydrogen) atoms. The molecule has 0 saturated heterocycles. The number of rotatable bonds is 3. The summed E-state index contributed by atoms with van der Waals surface area (Å²) in [6, 6.07) is 0. The highest BCUT2D eigenvalue weighted by atomic mass is 16.5. The van der Waals surface area contributed by atoms with E-state index in [9.17, 15) is 9.90 Å². The van der Waals surface area contributed by atoms with E-state index in [0.717, 1.165) is 30.4 Å². The Morgan fingerprint density at radius 3 is 2.74 bits per heavy atom. The molecule has 1 N–H and O–H groups in total. The summed E-state index contributed by atoms with van der Waals surface area (Å²) in [5.41, 5.74) is 2.22. The maximum atomic E-state index is 11.7. The van der Waals surface area contributed by atoms with Gasteiger partial charge in [0, 0.05) is 5.57 Å². The first-order valence-electron chi connectivity index (χ1n) is 8.98. The summed E-state index contributed by atoms with van der Waals surface area (Å²) in [6.45, 7) is 11.7. The molecule has 4 unspecified atom stereocenters. The molecule has 0 aromatic rings. The van der Waals surface area contributed by atoms with Crippen molar-refractivity contribution in [2.45, 2.75) is 65.4 Å². The number of hydrogen-bond donors (Lipinski definition) is 1. The van der Waals surface area contributed by atoms with E-state index in [4.69, 9.17) is 4.74 Å². The summed E-state index contributed by atoms with van der Waals surface area (Å²) in [4.78, 5) is 11.7. The molecule has 3 heteroatoms. The van der Waals surface area contributed by atoms with Crippen molar-refractivity contribution in [3.8, 4) is 0 Å². The van der Waals surface area contributed by atoms with Gasteiger partial charge in [-0.05, 0) is 66.4 Å². The summed E-state index contributed by atoms with van der Waals surface area (Å²) in [6.07, 6.45) is 7.62. The van der Waals surface area contributed by atoms with Crippen LogP contribution < -0.4 is 0 Å². The number of ether oxygens (including phenoxy) is 1. The van der Waals surface area contributed by atoms with Crippen molar-refractivity contribution in [3.63, 3.8) is 0 Å². The van der Waals surface area contributed by atoms with Crippen LogP contribution in [-0.4, -0.2) is 23.8 Å². The van der Waals surface area contributed by atoms with E-state index in [-0.39, 0.29) is 22.7 Å². The van der Waals surface area contributed by atoms with E-state index >= 15 is 0 Å². The summed E-state index contributed by atoms with van der Waals surface area (Å²) in [5.74, 6) is 0.626. The van der Waals surface area contributed by atoms with E-state index < -0.39 is 6.10 Å². The first-order chi connectivity index (χ1) is 10.8. The Morgan fingerprint density at radius 2 is 2.09 bits per heavy atom. The van der Waals surface area contributed by atoms with Crippen LogP contribution in [0.3, 0.4) is 0 Å². The van der Waals surface area contributed by atoms with Gasteiger partial charge in [0.25, 0.3) is 0 Å². The first-order valence-corrected chi connectivity index (χ1v) is 8.98. The molecule has 2 saturated carbocycles. The molecule has 128 valence electrons. The predicted octanol–water partition coefficient (Wildman–Crippen LogP) is 4.02. The Hall–Kier alpha value is -1.09. The van der Waals surface area contributed by atoms with Gasteiger partial charge in [0.1, 0.15) is 6.61 Å². The highest BCUT2D eigenvalue weighted by Gasteiger charge is 2.54. The molecule has 0 bridgehead atoms. The number of carbonyl (C=O) groups excluding carboxylic acids is 1.